The third kappa shape index (κ3) is 4.55. The van der Waals surface area contributed by atoms with Crippen molar-refractivity contribution >= 4 is 23.0 Å². The molecule has 1 fully saturated rings. The molecule has 0 radical (unpaired) electrons. The van der Waals surface area contributed by atoms with Gasteiger partial charge in [0, 0.05) is 44.0 Å². The highest BCUT2D eigenvalue weighted by Gasteiger charge is 2.20. The minimum atomic E-state index is -0.128. The van der Waals surface area contributed by atoms with Gasteiger partial charge in [0.25, 0.3) is 0 Å². The van der Waals surface area contributed by atoms with Gasteiger partial charge in [-0.25, -0.2) is 4.39 Å². The largest absolute Gasteiger partial charge is 0.346 e. The van der Waals surface area contributed by atoms with Crippen molar-refractivity contribution in [1.29, 1.82) is 0 Å². The van der Waals surface area contributed by atoms with Crippen molar-refractivity contribution in [3.05, 3.63) is 65.0 Å². The molecule has 0 atom stereocenters. The molecule has 0 aliphatic carbocycles. The van der Waals surface area contributed by atoms with E-state index in [9.17, 15) is 4.39 Å². The fourth-order valence-corrected chi connectivity index (χ4v) is 3.42. The van der Waals surface area contributed by atoms with E-state index in [1.54, 1.807) is 6.07 Å². The summed E-state index contributed by atoms with van der Waals surface area (Å²) in [5.41, 5.74) is 4.26. The second-order valence-corrected chi connectivity index (χ2v) is 6.99. The van der Waals surface area contributed by atoms with Gasteiger partial charge in [-0.2, -0.15) is 0 Å². The maximum absolute atomic E-state index is 13.8. The lowest BCUT2D eigenvalue weighted by molar-refractivity contribution is 0.175. The summed E-state index contributed by atoms with van der Waals surface area (Å²) in [6.45, 7) is 8.29. The van der Waals surface area contributed by atoms with Crippen molar-refractivity contribution < 1.29 is 4.39 Å². The van der Waals surface area contributed by atoms with E-state index < -0.39 is 0 Å². The lowest BCUT2D eigenvalue weighted by atomic mass is 10.1. The van der Waals surface area contributed by atoms with Crippen LogP contribution in [0.4, 0.5) is 10.1 Å². The Bertz CT molecular complexity index is 754. The molecular weight excluding hydrogens is 333 g/mol. The molecule has 132 valence electrons. The normalized spacial score (nSPS) is 15.2. The predicted octanol–water partition coefficient (Wildman–Crippen LogP) is 3.96. The molecule has 1 heterocycles. The zero-order valence-corrected chi connectivity index (χ0v) is 15.6. The Morgan fingerprint density at radius 1 is 1.08 bits per heavy atom. The number of nitrogens with one attached hydrogen (secondary N) is 1. The SMILES string of the molecule is Cc1ccc(NC(=S)N2CCN(Cc3ccccc3F)CC2)c(C)c1. The topological polar surface area (TPSA) is 18.5 Å². The average molecular weight is 357 g/mol. The average Bonchev–Trinajstić information content (AvgIpc) is 2.60. The molecule has 0 amide bonds. The number of hydrogen-bond acceptors (Lipinski definition) is 2. The van der Waals surface area contributed by atoms with E-state index in [1.807, 2.05) is 12.1 Å². The van der Waals surface area contributed by atoms with E-state index >= 15 is 0 Å². The van der Waals surface area contributed by atoms with Gasteiger partial charge in [-0.3, -0.25) is 4.90 Å². The molecule has 1 N–H and O–H groups in total. The van der Waals surface area contributed by atoms with E-state index in [0.29, 0.717) is 6.54 Å². The molecule has 2 aromatic carbocycles. The molecule has 1 aliphatic rings. The number of rotatable bonds is 3. The van der Waals surface area contributed by atoms with Crippen LogP contribution in [0, 0.1) is 19.7 Å². The van der Waals surface area contributed by atoms with E-state index in [1.165, 1.54) is 17.2 Å². The van der Waals surface area contributed by atoms with Crippen LogP contribution in [0.5, 0.6) is 0 Å². The van der Waals surface area contributed by atoms with Gasteiger partial charge in [0.05, 0.1) is 0 Å². The molecule has 0 saturated carbocycles. The van der Waals surface area contributed by atoms with E-state index in [-0.39, 0.29) is 5.82 Å². The zero-order valence-electron chi connectivity index (χ0n) is 14.8. The molecule has 1 aliphatic heterocycles. The molecule has 0 spiro atoms. The van der Waals surface area contributed by atoms with Gasteiger partial charge in [0.2, 0.25) is 0 Å². The van der Waals surface area contributed by atoms with Gasteiger partial charge < -0.3 is 10.2 Å². The van der Waals surface area contributed by atoms with Crippen LogP contribution in [-0.2, 0) is 6.54 Å². The molecular formula is C20H24FN3S. The smallest absolute Gasteiger partial charge is 0.173 e. The summed E-state index contributed by atoms with van der Waals surface area (Å²) in [6, 6.07) is 13.3. The third-order valence-electron chi connectivity index (χ3n) is 4.63. The summed E-state index contributed by atoms with van der Waals surface area (Å²) < 4.78 is 13.8. The van der Waals surface area contributed by atoms with Crippen LogP contribution in [0.3, 0.4) is 0 Å². The lowest BCUT2D eigenvalue weighted by Gasteiger charge is -2.36. The van der Waals surface area contributed by atoms with Gasteiger partial charge in [-0.1, -0.05) is 35.9 Å². The second kappa shape index (κ2) is 7.93. The van der Waals surface area contributed by atoms with Crippen LogP contribution in [0.15, 0.2) is 42.5 Å². The zero-order chi connectivity index (χ0) is 17.8. The Labute approximate surface area is 154 Å². The Hall–Kier alpha value is -1.98. The summed E-state index contributed by atoms with van der Waals surface area (Å²) in [7, 11) is 0. The number of hydrogen-bond donors (Lipinski definition) is 1. The second-order valence-electron chi connectivity index (χ2n) is 6.60. The maximum atomic E-state index is 13.8. The predicted molar refractivity (Wildman–Crippen MR) is 105 cm³/mol. The summed E-state index contributed by atoms with van der Waals surface area (Å²) in [5, 5.41) is 4.12. The number of aryl methyl sites for hydroxylation is 2. The van der Waals surface area contributed by atoms with Crippen LogP contribution in [0.1, 0.15) is 16.7 Å². The van der Waals surface area contributed by atoms with Crippen LogP contribution < -0.4 is 5.32 Å². The molecule has 0 bridgehead atoms. The molecule has 3 nitrogen and oxygen atoms in total. The molecule has 1 saturated heterocycles. The van der Waals surface area contributed by atoms with Gasteiger partial charge in [0.15, 0.2) is 5.11 Å². The standard InChI is InChI=1S/C20H24FN3S/c1-15-7-8-19(16(2)13-15)22-20(25)24-11-9-23(10-12-24)14-17-5-3-4-6-18(17)21/h3-8,13H,9-12,14H2,1-2H3,(H,22,25). The Kier molecular flexibility index (Phi) is 5.66. The van der Waals surface area contributed by atoms with Gasteiger partial charge in [-0.15, -0.1) is 0 Å². The molecule has 0 aromatic heterocycles. The fourth-order valence-electron chi connectivity index (χ4n) is 3.12. The van der Waals surface area contributed by atoms with Crippen molar-refractivity contribution in [2.45, 2.75) is 20.4 Å². The Morgan fingerprint density at radius 3 is 2.48 bits per heavy atom. The number of halogens is 1. The van der Waals surface area contributed by atoms with Crippen LogP contribution in [-0.4, -0.2) is 41.1 Å². The minimum Gasteiger partial charge on any atom is -0.346 e. The summed E-state index contributed by atoms with van der Waals surface area (Å²) in [6.07, 6.45) is 0. The van der Waals surface area contributed by atoms with Gasteiger partial charge >= 0.3 is 0 Å². The Morgan fingerprint density at radius 2 is 1.80 bits per heavy atom. The maximum Gasteiger partial charge on any atom is 0.173 e. The molecule has 5 heteroatoms. The number of piperazine rings is 1. The summed E-state index contributed by atoms with van der Waals surface area (Å²) in [5.74, 6) is -0.128. The molecule has 3 rings (SSSR count). The highest BCUT2D eigenvalue weighted by Crippen LogP contribution is 2.18. The summed E-state index contributed by atoms with van der Waals surface area (Å²) in [4.78, 5) is 4.46. The fraction of sp³-hybridized carbons (Fsp3) is 0.350. The Balaban J connectivity index is 1.53. The lowest BCUT2D eigenvalue weighted by Crippen LogP contribution is -2.49. The molecule has 2 aromatic rings. The number of nitrogens with zero attached hydrogens (tertiary/aromatic N) is 2. The van der Waals surface area contributed by atoms with Crippen LogP contribution >= 0.6 is 12.2 Å². The first-order valence-corrected chi connectivity index (χ1v) is 9.03. The number of thiocarbonyl (C=S) groups is 1. The van der Waals surface area contributed by atoms with Crippen LogP contribution in [0.25, 0.3) is 0 Å². The summed E-state index contributed by atoms with van der Waals surface area (Å²) >= 11 is 5.57. The monoisotopic (exact) mass is 357 g/mol. The van der Waals surface area contributed by atoms with E-state index in [2.05, 4.69) is 47.2 Å². The quantitative estimate of drug-likeness (QED) is 0.838. The van der Waals surface area contributed by atoms with E-state index in [4.69, 9.17) is 12.2 Å². The van der Waals surface area contributed by atoms with Crippen molar-refractivity contribution in [1.82, 2.24) is 9.80 Å². The number of benzene rings is 2. The van der Waals surface area contributed by atoms with Crippen molar-refractivity contribution in [3.8, 4) is 0 Å². The van der Waals surface area contributed by atoms with E-state index in [0.717, 1.165) is 42.5 Å². The first kappa shape index (κ1) is 17.8. The van der Waals surface area contributed by atoms with Crippen molar-refractivity contribution in [2.24, 2.45) is 0 Å². The van der Waals surface area contributed by atoms with Crippen LogP contribution in [0.2, 0.25) is 0 Å². The third-order valence-corrected chi connectivity index (χ3v) is 5.00. The molecule has 0 unspecified atom stereocenters. The highest BCUT2D eigenvalue weighted by atomic mass is 32.1. The molecule has 25 heavy (non-hydrogen) atoms. The van der Waals surface area contributed by atoms with Gasteiger partial charge in [-0.05, 0) is 43.8 Å². The first-order chi connectivity index (χ1) is 12.0. The minimum absolute atomic E-state index is 0.128. The highest BCUT2D eigenvalue weighted by molar-refractivity contribution is 7.80. The first-order valence-electron chi connectivity index (χ1n) is 8.62. The van der Waals surface area contributed by atoms with Gasteiger partial charge in [0.1, 0.15) is 5.82 Å². The number of anilines is 1. The van der Waals surface area contributed by atoms with Crippen molar-refractivity contribution in [2.75, 3.05) is 31.5 Å². The van der Waals surface area contributed by atoms with Crippen molar-refractivity contribution in [3.63, 3.8) is 0 Å².